The third-order valence-corrected chi connectivity index (χ3v) is 2.16. The monoisotopic (exact) mass is 238 g/mol. The molecule has 0 aliphatic heterocycles. The number of Topliss-reactive ketones (excluding diaryl/α,β-unsaturated/α-hetero) is 2. The molecule has 0 N–H and O–H groups in total. The summed E-state index contributed by atoms with van der Waals surface area (Å²) in [6.45, 7) is 0. The van der Waals surface area contributed by atoms with Crippen LogP contribution < -0.4 is 0 Å². The number of carbonyl (C=O) groups excluding carboxylic acids is 3. The Hall–Kier alpha value is -2.04. The zero-order valence-corrected chi connectivity index (χ0v) is 9.23. The molecule has 0 fully saturated rings. The van der Waals surface area contributed by atoms with Crippen LogP contribution in [0.3, 0.4) is 0 Å². The maximum Gasteiger partial charge on any atom is 0.374 e. The first kappa shape index (κ1) is 13.0. The van der Waals surface area contributed by atoms with Gasteiger partial charge in [0.15, 0.2) is 5.78 Å². The number of hydrogen-bond donors (Lipinski definition) is 0. The minimum Gasteiger partial charge on any atom is -0.463 e. The van der Waals surface area contributed by atoms with Crippen LogP contribution in [-0.4, -0.2) is 24.6 Å². The van der Waals surface area contributed by atoms with E-state index < -0.39 is 17.6 Å². The van der Waals surface area contributed by atoms with Gasteiger partial charge in [0.1, 0.15) is 5.82 Å². The third kappa shape index (κ3) is 3.79. The van der Waals surface area contributed by atoms with Gasteiger partial charge in [-0.2, -0.15) is 0 Å². The second-order valence-corrected chi connectivity index (χ2v) is 3.34. The van der Waals surface area contributed by atoms with Crippen LogP contribution >= 0.6 is 0 Å². The molecule has 0 atom stereocenters. The first-order chi connectivity index (χ1) is 8.04. The molecule has 1 aromatic carbocycles. The van der Waals surface area contributed by atoms with Gasteiger partial charge in [-0.05, 0) is 24.3 Å². The molecule has 0 heterocycles. The highest BCUT2D eigenvalue weighted by atomic mass is 19.1. The first-order valence-electron chi connectivity index (χ1n) is 4.94. The number of benzene rings is 1. The SMILES string of the molecule is COC(=O)C(=O)CCC(=O)c1ccc(F)cc1. The van der Waals surface area contributed by atoms with Crippen LogP contribution in [0.4, 0.5) is 4.39 Å². The normalized spacial score (nSPS) is 9.76. The van der Waals surface area contributed by atoms with Gasteiger partial charge < -0.3 is 4.74 Å². The second-order valence-electron chi connectivity index (χ2n) is 3.34. The number of halogens is 1. The highest BCUT2D eigenvalue weighted by Gasteiger charge is 2.16. The van der Waals surface area contributed by atoms with Gasteiger partial charge in [0.05, 0.1) is 7.11 Å². The molecule has 0 bridgehead atoms. The first-order valence-corrected chi connectivity index (χ1v) is 4.94. The molecule has 0 amide bonds. The Labute approximate surface area is 97.4 Å². The summed E-state index contributed by atoms with van der Waals surface area (Å²) in [5, 5.41) is 0. The Morgan fingerprint density at radius 2 is 1.71 bits per heavy atom. The van der Waals surface area contributed by atoms with Crippen molar-refractivity contribution in [3.8, 4) is 0 Å². The number of ketones is 2. The fourth-order valence-electron chi connectivity index (χ4n) is 1.22. The minimum absolute atomic E-state index is 0.0977. The van der Waals surface area contributed by atoms with E-state index >= 15 is 0 Å². The summed E-state index contributed by atoms with van der Waals surface area (Å²) in [6.07, 6.45) is -0.303. The van der Waals surface area contributed by atoms with E-state index in [0.29, 0.717) is 5.56 Å². The maximum absolute atomic E-state index is 12.6. The van der Waals surface area contributed by atoms with Crippen molar-refractivity contribution < 1.29 is 23.5 Å². The molecule has 0 saturated heterocycles. The summed E-state index contributed by atoms with van der Waals surface area (Å²) in [6, 6.07) is 4.99. The molecule has 0 radical (unpaired) electrons. The molecule has 1 aromatic rings. The fourth-order valence-corrected chi connectivity index (χ4v) is 1.22. The molecule has 0 aromatic heterocycles. The lowest BCUT2D eigenvalue weighted by atomic mass is 10.1. The van der Waals surface area contributed by atoms with Gasteiger partial charge in [0.25, 0.3) is 0 Å². The van der Waals surface area contributed by atoms with E-state index in [0.717, 1.165) is 19.2 Å². The second kappa shape index (κ2) is 5.89. The van der Waals surface area contributed by atoms with Crippen LogP contribution in [0.5, 0.6) is 0 Å². The molecular weight excluding hydrogens is 227 g/mol. The summed E-state index contributed by atoms with van der Waals surface area (Å²) in [7, 11) is 1.10. The van der Waals surface area contributed by atoms with Crippen LogP contribution in [0, 0.1) is 5.82 Å². The molecule has 0 aliphatic rings. The highest BCUT2D eigenvalue weighted by molar-refractivity contribution is 6.33. The fraction of sp³-hybridized carbons (Fsp3) is 0.250. The number of rotatable bonds is 5. The Kier molecular flexibility index (Phi) is 4.51. The number of carbonyl (C=O) groups is 3. The topological polar surface area (TPSA) is 60.4 Å². The Morgan fingerprint density at radius 1 is 1.12 bits per heavy atom. The predicted molar refractivity (Wildman–Crippen MR) is 57.0 cm³/mol. The lowest BCUT2D eigenvalue weighted by Gasteiger charge is -2.00. The number of methoxy groups -OCH3 is 1. The van der Waals surface area contributed by atoms with Crippen LogP contribution in [0.15, 0.2) is 24.3 Å². The minimum atomic E-state index is -0.961. The summed E-state index contributed by atoms with van der Waals surface area (Å²) in [5.41, 5.74) is 0.309. The summed E-state index contributed by atoms with van der Waals surface area (Å²) in [5.74, 6) is -2.46. The van der Waals surface area contributed by atoms with Crippen molar-refractivity contribution in [1.82, 2.24) is 0 Å². The van der Waals surface area contributed by atoms with E-state index in [1.54, 1.807) is 0 Å². The van der Waals surface area contributed by atoms with Gasteiger partial charge in [-0.3, -0.25) is 9.59 Å². The van der Waals surface area contributed by atoms with Gasteiger partial charge in [0, 0.05) is 18.4 Å². The standard InChI is InChI=1S/C12H11FO4/c1-17-12(16)11(15)7-6-10(14)8-2-4-9(13)5-3-8/h2-5H,6-7H2,1H3. The zero-order valence-electron chi connectivity index (χ0n) is 9.23. The molecule has 4 nitrogen and oxygen atoms in total. The molecule has 17 heavy (non-hydrogen) atoms. The summed E-state index contributed by atoms with van der Waals surface area (Å²) in [4.78, 5) is 33.4. The summed E-state index contributed by atoms with van der Waals surface area (Å²) >= 11 is 0. The molecule has 0 aliphatic carbocycles. The van der Waals surface area contributed by atoms with Crippen molar-refractivity contribution in [2.45, 2.75) is 12.8 Å². The third-order valence-electron chi connectivity index (χ3n) is 2.16. The van der Waals surface area contributed by atoms with E-state index in [2.05, 4.69) is 4.74 Å². The smallest absolute Gasteiger partial charge is 0.374 e. The van der Waals surface area contributed by atoms with E-state index in [1.807, 2.05) is 0 Å². The number of esters is 1. The molecule has 90 valence electrons. The lowest BCUT2D eigenvalue weighted by molar-refractivity contribution is -0.151. The molecule has 0 unspecified atom stereocenters. The van der Waals surface area contributed by atoms with Gasteiger partial charge in [0.2, 0.25) is 5.78 Å². The van der Waals surface area contributed by atoms with Crippen LogP contribution in [0.25, 0.3) is 0 Å². The van der Waals surface area contributed by atoms with Gasteiger partial charge in [-0.1, -0.05) is 0 Å². The van der Waals surface area contributed by atoms with E-state index in [1.165, 1.54) is 12.1 Å². The van der Waals surface area contributed by atoms with Crippen LogP contribution in [0.2, 0.25) is 0 Å². The van der Waals surface area contributed by atoms with E-state index in [-0.39, 0.29) is 18.6 Å². The van der Waals surface area contributed by atoms with Gasteiger partial charge in [-0.25, -0.2) is 9.18 Å². The Morgan fingerprint density at radius 3 is 2.24 bits per heavy atom. The van der Waals surface area contributed by atoms with E-state index in [9.17, 15) is 18.8 Å². The van der Waals surface area contributed by atoms with Crippen molar-refractivity contribution in [2.75, 3.05) is 7.11 Å². The zero-order chi connectivity index (χ0) is 12.8. The van der Waals surface area contributed by atoms with E-state index in [4.69, 9.17) is 0 Å². The molecule has 1 rings (SSSR count). The lowest BCUT2D eigenvalue weighted by Crippen LogP contribution is -2.16. The Bertz CT molecular complexity index is 436. The van der Waals surface area contributed by atoms with Crippen molar-refractivity contribution in [3.05, 3.63) is 35.6 Å². The molecular formula is C12H11FO4. The summed E-state index contributed by atoms with van der Waals surface area (Å²) < 4.78 is 16.8. The average Bonchev–Trinajstić information content (AvgIpc) is 2.35. The Balaban J connectivity index is 2.53. The quantitative estimate of drug-likeness (QED) is 0.443. The average molecular weight is 238 g/mol. The molecule has 0 saturated carbocycles. The number of ether oxygens (including phenoxy) is 1. The van der Waals surface area contributed by atoms with Crippen molar-refractivity contribution in [3.63, 3.8) is 0 Å². The van der Waals surface area contributed by atoms with Gasteiger partial charge >= 0.3 is 5.97 Å². The molecule has 0 spiro atoms. The van der Waals surface area contributed by atoms with Crippen LogP contribution in [-0.2, 0) is 14.3 Å². The number of hydrogen-bond acceptors (Lipinski definition) is 4. The maximum atomic E-state index is 12.6. The largest absolute Gasteiger partial charge is 0.463 e. The van der Waals surface area contributed by atoms with Crippen molar-refractivity contribution >= 4 is 17.5 Å². The molecule has 5 heteroatoms. The highest BCUT2D eigenvalue weighted by Crippen LogP contribution is 2.07. The van der Waals surface area contributed by atoms with Gasteiger partial charge in [-0.15, -0.1) is 0 Å². The van der Waals surface area contributed by atoms with Crippen molar-refractivity contribution in [2.24, 2.45) is 0 Å². The predicted octanol–water partition coefficient (Wildman–Crippen LogP) is 1.53. The van der Waals surface area contributed by atoms with Crippen molar-refractivity contribution in [1.29, 1.82) is 0 Å². The van der Waals surface area contributed by atoms with Crippen LogP contribution in [0.1, 0.15) is 23.2 Å².